The van der Waals surface area contributed by atoms with Crippen LogP contribution in [0, 0.1) is 11.8 Å². The van der Waals surface area contributed by atoms with Gasteiger partial charge >= 0.3 is 6.09 Å². The third kappa shape index (κ3) is 7.81. The van der Waals surface area contributed by atoms with Crippen molar-refractivity contribution >= 4 is 46.1 Å². The molecule has 0 saturated carbocycles. The van der Waals surface area contributed by atoms with E-state index in [4.69, 9.17) is 24.6 Å². The molecule has 0 radical (unpaired) electrons. The second kappa shape index (κ2) is 16.5. The van der Waals surface area contributed by atoms with Crippen LogP contribution in [-0.4, -0.2) is 98.4 Å². The van der Waals surface area contributed by atoms with Crippen LogP contribution >= 0.6 is 0 Å². The molecular formula is C41H49N9O6. The summed E-state index contributed by atoms with van der Waals surface area (Å²) in [5, 5.41) is 4.81. The maximum absolute atomic E-state index is 13.6. The Bertz CT molecular complexity index is 2250. The highest BCUT2D eigenvalue weighted by atomic mass is 17.2. The number of aromatic nitrogens is 5. The van der Waals surface area contributed by atoms with Gasteiger partial charge in [-0.2, -0.15) is 4.89 Å². The molecule has 4 atom stereocenters. The summed E-state index contributed by atoms with van der Waals surface area (Å²) >= 11 is 0. The maximum Gasteiger partial charge on any atom is 0.407 e. The van der Waals surface area contributed by atoms with Crippen molar-refractivity contribution in [1.82, 2.24) is 40.0 Å². The predicted molar refractivity (Wildman–Crippen MR) is 211 cm³/mol. The molecule has 0 aliphatic carbocycles. The van der Waals surface area contributed by atoms with Gasteiger partial charge in [0.2, 0.25) is 18.2 Å². The Morgan fingerprint density at radius 3 is 2.20 bits per heavy atom. The highest BCUT2D eigenvalue weighted by molar-refractivity contribution is 5.91. The number of nitrogens with one attached hydrogen (secondary N) is 3. The summed E-state index contributed by atoms with van der Waals surface area (Å²) in [4.78, 5) is 77.9. The zero-order valence-corrected chi connectivity index (χ0v) is 32.6. The van der Waals surface area contributed by atoms with Crippen LogP contribution in [0.3, 0.4) is 0 Å². The second-order valence-electron chi connectivity index (χ2n) is 15.1. The largest absolute Gasteiger partial charge is 0.453 e. The molecule has 5 aromatic rings. The number of hydrogen-bond donors (Lipinski definition) is 3. The number of rotatable bonds is 12. The molecule has 15 heteroatoms. The molecule has 3 aromatic heterocycles. The number of hydrogen-bond acceptors (Lipinski definition) is 10. The molecule has 0 spiro atoms. The number of fused-ring (bicyclic) bond motifs is 2. The Kier molecular flexibility index (Phi) is 11.3. The van der Waals surface area contributed by atoms with E-state index in [0.717, 1.165) is 81.7 Å². The van der Waals surface area contributed by atoms with E-state index in [-0.39, 0.29) is 35.7 Å². The lowest BCUT2D eigenvalue weighted by molar-refractivity contribution is -0.188. The number of amides is 3. The van der Waals surface area contributed by atoms with Crippen LogP contribution < -0.4 is 5.32 Å². The van der Waals surface area contributed by atoms with E-state index in [1.807, 2.05) is 49.8 Å². The number of aromatic amines is 2. The summed E-state index contributed by atoms with van der Waals surface area (Å²) in [5.41, 5.74) is 5.18. The zero-order chi connectivity index (χ0) is 39.5. The summed E-state index contributed by atoms with van der Waals surface area (Å²) in [5.74, 6) is 1.12. The lowest BCUT2D eigenvalue weighted by atomic mass is 10.0. The molecule has 0 unspecified atom stereocenters. The van der Waals surface area contributed by atoms with Gasteiger partial charge in [0.25, 0.3) is 0 Å². The Morgan fingerprint density at radius 1 is 0.839 bits per heavy atom. The maximum atomic E-state index is 13.6. The molecule has 0 bridgehead atoms. The first kappa shape index (κ1) is 38.4. The molecule has 2 aromatic carbocycles. The van der Waals surface area contributed by atoms with Crippen LogP contribution in [0.15, 0.2) is 59.9 Å². The SMILES string of the molecule is COOC=N[C@H](C(=O)N1CCC[C@H]1c1nc2cc(-c3ccc4cc(-c5cnc([C@@H]6CCCN6C(=O)[C@@H](NC(=O)OC)C(C)C)[nH]5)ccc4c3)ncc2[nH]1)C(C)C. The molecule has 3 N–H and O–H groups in total. The summed E-state index contributed by atoms with van der Waals surface area (Å²) < 4.78 is 4.76. The van der Waals surface area contributed by atoms with Crippen molar-refractivity contribution in [1.29, 1.82) is 0 Å². The van der Waals surface area contributed by atoms with Gasteiger partial charge in [-0.25, -0.2) is 19.8 Å². The fraction of sp³-hybridized carbons (Fsp3) is 0.439. The normalized spacial score (nSPS) is 18.4. The molecule has 15 nitrogen and oxygen atoms in total. The number of pyridine rings is 1. The first-order valence-electron chi connectivity index (χ1n) is 19.2. The van der Waals surface area contributed by atoms with Crippen LogP contribution in [0.2, 0.25) is 0 Å². The van der Waals surface area contributed by atoms with Crippen LogP contribution in [0.25, 0.3) is 44.3 Å². The van der Waals surface area contributed by atoms with E-state index in [0.29, 0.717) is 13.1 Å². The highest BCUT2D eigenvalue weighted by Crippen LogP contribution is 2.36. The molecule has 2 saturated heterocycles. The van der Waals surface area contributed by atoms with Crippen LogP contribution in [-0.2, 0) is 24.1 Å². The predicted octanol–water partition coefficient (Wildman–Crippen LogP) is 6.51. The number of likely N-dealkylation sites (tertiary alicyclic amines) is 2. The van der Waals surface area contributed by atoms with Crippen LogP contribution in [0.4, 0.5) is 4.79 Å². The number of alkyl carbamates (subject to hydrolysis) is 1. The van der Waals surface area contributed by atoms with E-state index in [2.05, 4.69) is 61.6 Å². The zero-order valence-electron chi connectivity index (χ0n) is 32.6. The molecule has 2 aliphatic rings. The van der Waals surface area contributed by atoms with E-state index in [1.54, 1.807) is 6.20 Å². The summed E-state index contributed by atoms with van der Waals surface area (Å²) in [6.07, 6.45) is 7.46. The van der Waals surface area contributed by atoms with Gasteiger partial charge in [0.15, 0.2) is 0 Å². The Balaban J connectivity index is 1.07. The lowest BCUT2D eigenvalue weighted by Gasteiger charge is -2.30. The lowest BCUT2D eigenvalue weighted by Crippen LogP contribution is -2.51. The molecule has 7 rings (SSSR count). The number of imidazole rings is 2. The topological polar surface area (TPSA) is 180 Å². The molecule has 2 aliphatic heterocycles. The third-order valence-corrected chi connectivity index (χ3v) is 10.8. The summed E-state index contributed by atoms with van der Waals surface area (Å²) in [6.45, 7) is 8.95. The van der Waals surface area contributed by atoms with Crippen molar-refractivity contribution in [2.24, 2.45) is 16.8 Å². The number of ether oxygens (including phenoxy) is 1. The average molecular weight is 764 g/mol. The van der Waals surface area contributed by atoms with Crippen molar-refractivity contribution in [3.05, 3.63) is 66.5 Å². The Hall–Kier alpha value is -5.83. The van der Waals surface area contributed by atoms with Crippen molar-refractivity contribution in [2.45, 2.75) is 77.5 Å². The minimum Gasteiger partial charge on any atom is -0.453 e. The van der Waals surface area contributed by atoms with E-state index in [1.165, 1.54) is 20.6 Å². The molecule has 56 heavy (non-hydrogen) atoms. The van der Waals surface area contributed by atoms with Gasteiger partial charge in [-0.1, -0.05) is 52.0 Å². The second-order valence-corrected chi connectivity index (χ2v) is 15.1. The number of carbonyl (C=O) groups excluding carboxylic acids is 3. The smallest absolute Gasteiger partial charge is 0.407 e. The van der Waals surface area contributed by atoms with Gasteiger partial charge in [-0.3, -0.25) is 14.6 Å². The van der Waals surface area contributed by atoms with Crippen molar-refractivity contribution < 1.29 is 28.9 Å². The van der Waals surface area contributed by atoms with Gasteiger partial charge in [-0.15, -0.1) is 0 Å². The van der Waals surface area contributed by atoms with Crippen LogP contribution in [0.5, 0.6) is 0 Å². The number of carbonyl (C=O) groups is 3. The first-order chi connectivity index (χ1) is 27.1. The monoisotopic (exact) mass is 763 g/mol. The standard InChI is InChI=1S/C41H49N9O6/c1-23(2)35(44-22-56-55-6)39(51)50-16-8-10-34(50)38-45-30-19-29(42-21-32(30)47-38)27-13-11-26-18-28(14-12-25(26)17-27)31-20-43-37(46-31)33-9-7-15-49(33)40(52)36(24(3)4)48-41(53)54-5/h11-14,17-24,33-36H,7-10,15-16H2,1-6H3,(H,43,46)(H,45,47)(H,48,53)/t33-,34-,35-,36-/m0/s1. The van der Waals surface area contributed by atoms with Gasteiger partial charge in [0.05, 0.1) is 61.1 Å². The first-order valence-corrected chi connectivity index (χ1v) is 19.2. The molecule has 3 amide bonds. The summed E-state index contributed by atoms with van der Waals surface area (Å²) in [7, 11) is 2.68. The molecular weight excluding hydrogens is 715 g/mol. The molecule has 294 valence electrons. The van der Waals surface area contributed by atoms with Gasteiger partial charge in [0, 0.05) is 24.2 Å². The third-order valence-electron chi connectivity index (χ3n) is 10.8. The van der Waals surface area contributed by atoms with Gasteiger partial charge in [-0.05, 0) is 66.5 Å². The number of benzene rings is 2. The van der Waals surface area contributed by atoms with Gasteiger partial charge in [0.1, 0.15) is 23.7 Å². The number of nitrogens with zero attached hydrogens (tertiary/aromatic N) is 6. The quantitative estimate of drug-likeness (QED) is 0.0553. The van der Waals surface area contributed by atoms with Crippen molar-refractivity contribution in [3.63, 3.8) is 0 Å². The fourth-order valence-electron chi connectivity index (χ4n) is 7.80. The molecule has 5 heterocycles. The average Bonchev–Trinajstić information content (AvgIpc) is 4.03. The number of methoxy groups -OCH3 is 1. The van der Waals surface area contributed by atoms with E-state index in [9.17, 15) is 14.4 Å². The van der Waals surface area contributed by atoms with Gasteiger partial charge < -0.3 is 34.7 Å². The Labute approximate surface area is 325 Å². The van der Waals surface area contributed by atoms with E-state index < -0.39 is 18.2 Å². The summed E-state index contributed by atoms with van der Waals surface area (Å²) in [6, 6.07) is 12.8. The minimum absolute atomic E-state index is 0.0239. The fourth-order valence-corrected chi connectivity index (χ4v) is 7.80. The van der Waals surface area contributed by atoms with E-state index >= 15 is 0 Å². The van der Waals surface area contributed by atoms with Crippen molar-refractivity contribution in [3.8, 4) is 22.5 Å². The minimum atomic E-state index is -0.691. The molecule has 2 fully saturated rings. The Morgan fingerprint density at radius 2 is 1.52 bits per heavy atom. The van der Waals surface area contributed by atoms with Crippen LogP contribution in [0.1, 0.15) is 77.1 Å². The van der Waals surface area contributed by atoms with Crippen molar-refractivity contribution in [2.75, 3.05) is 27.3 Å². The highest BCUT2D eigenvalue weighted by Gasteiger charge is 2.38. The number of aliphatic imine (C=N–C) groups is 1. The number of H-pyrrole nitrogens is 2.